The molecule has 0 aliphatic carbocycles. The molecular weight excluding hydrogens is 438 g/mol. The molecule has 1 atom stereocenters. The fraction of sp³-hybridized carbons (Fsp3) is 0.345. The van der Waals surface area contributed by atoms with Gasteiger partial charge in [0.15, 0.2) is 0 Å². The highest BCUT2D eigenvalue weighted by Crippen LogP contribution is 2.37. The zero-order valence-electron chi connectivity index (χ0n) is 20.7. The first kappa shape index (κ1) is 24.5. The number of aryl methyl sites for hydroxylation is 1. The van der Waals surface area contributed by atoms with Crippen molar-refractivity contribution in [3.05, 3.63) is 77.4 Å². The van der Waals surface area contributed by atoms with Crippen molar-refractivity contribution in [3.8, 4) is 0 Å². The van der Waals surface area contributed by atoms with E-state index in [1.165, 1.54) is 0 Å². The summed E-state index contributed by atoms with van der Waals surface area (Å²) in [5.74, 6) is -0.227. The minimum absolute atomic E-state index is 0.0189. The molecule has 3 amide bonds. The van der Waals surface area contributed by atoms with Gasteiger partial charge in [0.05, 0.1) is 5.69 Å². The highest BCUT2D eigenvalue weighted by Gasteiger charge is 2.31. The monoisotopic (exact) mass is 471 g/mol. The third kappa shape index (κ3) is 5.06. The van der Waals surface area contributed by atoms with Gasteiger partial charge in [-0.25, -0.2) is 0 Å². The van der Waals surface area contributed by atoms with Crippen LogP contribution in [-0.4, -0.2) is 41.8 Å². The summed E-state index contributed by atoms with van der Waals surface area (Å²) in [6.45, 7) is 7.17. The molecule has 6 heteroatoms. The average Bonchev–Trinajstić information content (AvgIpc) is 3.12. The Bertz CT molecular complexity index is 1250. The summed E-state index contributed by atoms with van der Waals surface area (Å²) < 4.78 is 0. The van der Waals surface area contributed by atoms with Gasteiger partial charge in [0.25, 0.3) is 5.91 Å². The number of carbonyl (C=O) groups excluding carboxylic acids is 3. The van der Waals surface area contributed by atoms with E-state index in [2.05, 4.69) is 5.32 Å². The SMILES string of the molecule is CCNC(=O)C(CC)N(Cc1cccc(C)c1)C(=O)CCCN1C(=O)c2cccc3cccc1c23. The summed E-state index contributed by atoms with van der Waals surface area (Å²) in [4.78, 5) is 42.7. The van der Waals surface area contributed by atoms with Gasteiger partial charge in [-0.3, -0.25) is 14.4 Å². The zero-order valence-corrected chi connectivity index (χ0v) is 20.7. The molecule has 3 aromatic carbocycles. The molecule has 1 aliphatic heterocycles. The maximum Gasteiger partial charge on any atom is 0.258 e. The standard InChI is InChI=1S/C29H33N3O3/c1-4-24(28(34)30-5-2)32(19-21-11-6-10-20(3)18-21)26(33)16-9-17-31-25-15-8-13-22-12-7-14-23(27(22)25)29(31)35/h6-8,10-15,18,24H,4-5,9,16-17,19H2,1-3H3,(H,30,34). The number of carbonyl (C=O) groups is 3. The molecule has 1 unspecified atom stereocenters. The Morgan fingerprint density at radius 1 is 1.03 bits per heavy atom. The lowest BCUT2D eigenvalue weighted by Gasteiger charge is -2.31. The Hall–Kier alpha value is -3.67. The van der Waals surface area contributed by atoms with Crippen molar-refractivity contribution in [3.63, 3.8) is 0 Å². The van der Waals surface area contributed by atoms with Crippen LogP contribution in [0.5, 0.6) is 0 Å². The number of nitrogens with zero attached hydrogens (tertiary/aromatic N) is 2. The van der Waals surface area contributed by atoms with Gasteiger partial charge in [0.1, 0.15) is 6.04 Å². The van der Waals surface area contributed by atoms with E-state index in [0.717, 1.165) is 27.6 Å². The summed E-state index contributed by atoms with van der Waals surface area (Å²) >= 11 is 0. The molecule has 0 bridgehead atoms. The number of benzene rings is 3. The molecule has 0 spiro atoms. The normalized spacial score (nSPS) is 13.2. The molecule has 182 valence electrons. The van der Waals surface area contributed by atoms with Gasteiger partial charge in [-0.1, -0.05) is 61.0 Å². The molecule has 3 aromatic rings. The van der Waals surface area contributed by atoms with Crippen LogP contribution in [0.4, 0.5) is 5.69 Å². The summed E-state index contributed by atoms with van der Waals surface area (Å²) in [6, 6.07) is 19.2. The van der Waals surface area contributed by atoms with E-state index in [1.807, 2.05) is 81.4 Å². The minimum atomic E-state index is -0.533. The third-order valence-corrected chi connectivity index (χ3v) is 6.59. The number of anilines is 1. The van der Waals surface area contributed by atoms with Crippen LogP contribution in [0.1, 0.15) is 54.6 Å². The van der Waals surface area contributed by atoms with Gasteiger partial charge in [-0.2, -0.15) is 0 Å². The molecule has 1 aliphatic rings. The van der Waals surface area contributed by atoms with E-state index in [-0.39, 0.29) is 24.1 Å². The fourth-order valence-corrected chi connectivity index (χ4v) is 4.95. The number of hydrogen-bond acceptors (Lipinski definition) is 3. The predicted molar refractivity (Wildman–Crippen MR) is 139 cm³/mol. The van der Waals surface area contributed by atoms with Gasteiger partial charge < -0.3 is 15.1 Å². The first-order chi connectivity index (χ1) is 16.9. The number of likely N-dealkylation sites (N-methyl/N-ethyl adjacent to an activating group) is 1. The summed E-state index contributed by atoms with van der Waals surface area (Å²) in [7, 11) is 0. The van der Waals surface area contributed by atoms with Crippen LogP contribution in [0.2, 0.25) is 0 Å². The first-order valence-electron chi connectivity index (χ1n) is 12.4. The second-order valence-electron chi connectivity index (χ2n) is 9.07. The highest BCUT2D eigenvalue weighted by atomic mass is 16.2. The van der Waals surface area contributed by atoms with Crippen LogP contribution >= 0.6 is 0 Å². The zero-order chi connectivity index (χ0) is 24.9. The van der Waals surface area contributed by atoms with Gasteiger partial charge in [-0.05, 0) is 49.8 Å². The molecule has 0 radical (unpaired) electrons. The molecule has 0 fully saturated rings. The summed E-state index contributed by atoms with van der Waals surface area (Å²) in [6.07, 6.45) is 1.31. The molecule has 4 rings (SSSR count). The molecule has 1 N–H and O–H groups in total. The van der Waals surface area contributed by atoms with Crippen molar-refractivity contribution in [1.82, 2.24) is 10.2 Å². The van der Waals surface area contributed by atoms with E-state index < -0.39 is 6.04 Å². The lowest BCUT2D eigenvalue weighted by Crippen LogP contribution is -2.49. The number of amides is 3. The topological polar surface area (TPSA) is 69.7 Å². The second-order valence-corrected chi connectivity index (χ2v) is 9.07. The highest BCUT2D eigenvalue weighted by molar-refractivity contribution is 6.25. The Morgan fingerprint density at radius 2 is 1.77 bits per heavy atom. The molecule has 0 aromatic heterocycles. The Morgan fingerprint density at radius 3 is 2.49 bits per heavy atom. The van der Waals surface area contributed by atoms with Crippen molar-refractivity contribution in [2.75, 3.05) is 18.0 Å². The van der Waals surface area contributed by atoms with Crippen LogP contribution in [0, 0.1) is 6.92 Å². The van der Waals surface area contributed by atoms with Crippen molar-refractivity contribution >= 4 is 34.2 Å². The molecule has 1 heterocycles. The molecule has 0 saturated carbocycles. The van der Waals surface area contributed by atoms with Crippen LogP contribution in [0.15, 0.2) is 60.7 Å². The van der Waals surface area contributed by atoms with E-state index in [1.54, 1.807) is 9.80 Å². The van der Waals surface area contributed by atoms with E-state index in [0.29, 0.717) is 38.0 Å². The van der Waals surface area contributed by atoms with Gasteiger partial charge in [-0.15, -0.1) is 0 Å². The van der Waals surface area contributed by atoms with Crippen molar-refractivity contribution in [2.24, 2.45) is 0 Å². The lowest BCUT2D eigenvalue weighted by atomic mass is 10.1. The van der Waals surface area contributed by atoms with Crippen LogP contribution in [0.3, 0.4) is 0 Å². The van der Waals surface area contributed by atoms with Crippen LogP contribution in [-0.2, 0) is 16.1 Å². The van der Waals surface area contributed by atoms with Gasteiger partial charge in [0, 0.05) is 37.0 Å². The largest absolute Gasteiger partial charge is 0.355 e. The molecule has 0 saturated heterocycles. The smallest absolute Gasteiger partial charge is 0.258 e. The number of nitrogens with one attached hydrogen (secondary N) is 1. The first-order valence-corrected chi connectivity index (χ1v) is 12.4. The number of rotatable bonds is 10. The van der Waals surface area contributed by atoms with Crippen LogP contribution < -0.4 is 10.2 Å². The Balaban J connectivity index is 1.48. The quantitative estimate of drug-likeness (QED) is 0.460. The summed E-state index contributed by atoms with van der Waals surface area (Å²) in [5.41, 5.74) is 3.73. The lowest BCUT2D eigenvalue weighted by molar-refractivity contribution is -0.141. The second kappa shape index (κ2) is 10.7. The maximum atomic E-state index is 13.4. The summed E-state index contributed by atoms with van der Waals surface area (Å²) in [5, 5.41) is 4.90. The number of hydrogen-bond donors (Lipinski definition) is 1. The Labute approximate surface area is 206 Å². The van der Waals surface area contributed by atoms with Gasteiger partial charge >= 0.3 is 0 Å². The minimum Gasteiger partial charge on any atom is -0.355 e. The van der Waals surface area contributed by atoms with Crippen LogP contribution in [0.25, 0.3) is 10.8 Å². The Kier molecular flexibility index (Phi) is 7.49. The van der Waals surface area contributed by atoms with Crippen molar-refractivity contribution in [2.45, 2.75) is 52.6 Å². The average molecular weight is 472 g/mol. The van der Waals surface area contributed by atoms with Crippen molar-refractivity contribution < 1.29 is 14.4 Å². The van der Waals surface area contributed by atoms with E-state index in [9.17, 15) is 14.4 Å². The van der Waals surface area contributed by atoms with Crippen molar-refractivity contribution in [1.29, 1.82) is 0 Å². The predicted octanol–water partition coefficient (Wildman–Crippen LogP) is 4.83. The van der Waals surface area contributed by atoms with E-state index in [4.69, 9.17) is 0 Å². The molecule has 35 heavy (non-hydrogen) atoms. The van der Waals surface area contributed by atoms with Gasteiger partial charge in [0.2, 0.25) is 11.8 Å². The fourth-order valence-electron chi connectivity index (χ4n) is 4.95. The third-order valence-electron chi connectivity index (χ3n) is 6.59. The van der Waals surface area contributed by atoms with E-state index >= 15 is 0 Å². The molecule has 6 nitrogen and oxygen atoms in total. The molecular formula is C29H33N3O3. The maximum absolute atomic E-state index is 13.4.